The smallest absolute Gasteiger partial charge is 0.332 e. The highest BCUT2D eigenvalue weighted by molar-refractivity contribution is 9.10. The second-order valence-electron chi connectivity index (χ2n) is 5.80. The maximum atomic E-state index is 11.7. The third-order valence-corrected chi connectivity index (χ3v) is 3.43. The molecule has 9 heteroatoms. The summed E-state index contributed by atoms with van der Waals surface area (Å²) in [5, 5.41) is 11.7. The van der Waals surface area contributed by atoms with Crippen LogP contribution in [-0.2, 0) is 9.63 Å². The molecule has 0 saturated carbocycles. The molecule has 0 spiro atoms. The van der Waals surface area contributed by atoms with Crippen molar-refractivity contribution in [2.75, 3.05) is 5.43 Å². The third-order valence-electron chi connectivity index (χ3n) is 2.94. The Balaban J connectivity index is 2.32. The van der Waals surface area contributed by atoms with Crippen molar-refractivity contribution in [1.82, 2.24) is 10.6 Å². The number of aromatic nitrogens is 1. The summed E-state index contributed by atoms with van der Waals surface area (Å²) < 4.78 is 0.796. The molecule has 8 nitrogen and oxygen atoms in total. The maximum absolute atomic E-state index is 11.7. The third kappa shape index (κ3) is 3.93. The number of hydrogen-bond donors (Lipinski definition) is 2. The van der Waals surface area contributed by atoms with Gasteiger partial charge in [0.25, 0.3) is 0 Å². The molecule has 2 rings (SSSR count). The van der Waals surface area contributed by atoms with Crippen LogP contribution in [0.15, 0.2) is 28.9 Å². The highest BCUT2D eigenvalue weighted by atomic mass is 79.9. The van der Waals surface area contributed by atoms with Gasteiger partial charge in [0.1, 0.15) is 11.9 Å². The van der Waals surface area contributed by atoms with Gasteiger partial charge in [0, 0.05) is 9.86 Å². The van der Waals surface area contributed by atoms with Crippen LogP contribution in [0.3, 0.4) is 0 Å². The van der Waals surface area contributed by atoms with E-state index in [0.717, 1.165) is 10.7 Å². The largest absolute Gasteiger partial charge is 0.351 e. The number of nitrogens with one attached hydrogen (secondary N) is 2. The summed E-state index contributed by atoms with van der Waals surface area (Å²) in [6, 6.07) is 5.14. The summed E-state index contributed by atoms with van der Waals surface area (Å²) in [4.78, 5) is 31.2. The summed E-state index contributed by atoms with van der Waals surface area (Å²) in [5.74, 6) is -0.506. The molecule has 1 heterocycles. The molecule has 2 N–H and O–H groups in total. The van der Waals surface area contributed by atoms with Crippen molar-refractivity contribution in [1.29, 1.82) is 0 Å². The standard InChI is InChI=1S/C14H15BrN4O4/c1-14(2,3)13(20)23-18-17-12-9-5-4-8(15)6-10(9)16-7-11(12)19(21)22/h4-7,18H,1-3H3,(H,16,17). The summed E-state index contributed by atoms with van der Waals surface area (Å²) in [5.41, 5.74) is 4.61. The topological polar surface area (TPSA) is 106 Å². The zero-order valence-electron chi connectivity index (χ0n) is 12.7. The van der Waals surface area contributed by atoms with Gasteiger partial charge in [-0.3, -0.25) is 15.5 Å². The Morgan fingerprint density at radius 3 is 2.70 bits per heavy atom. The van der Waals surface area contributed by atoms with Crippen LogP contribution in [0.5, 0.6) is 0 Å². The fourth-order valence-electron chi connectivity index (χ4n) is 1.70. The molecule has 0 radical (unpaired) electrons. The lowest BCUT2D eigenvalue weighted by atomic mass is 9.98. The van der Waals surface area contributed by atoms with Gasteiger partial charge in [-0.25, -0.2) is 9.78 Å². The Hall–Kier alpha value is -2.26. The monoisotopic (exact) mass is 382 g/mol. The number of fused-ring (bicyclic) bond motifs is 1. The summed E-state index contributed by atoms with van der Waals surface area (Å²) >= 11 is 3.32. The van der Waals surface area contributed by atoms with Gasteiger partial charge < -0.3 is 4.84 Å². The number of halogens is 1. The highest BCUT2D eigenvalue weighted by Gasteiger charge is 2.24. The molecule has 0 saturated heterocycles. The first-order valence-corrected chi connectivity index (χ1v) is 7.44. The number of nitro groups is 1. The molecule has 0 unspecified atom stereocenters. The Kier molecular flexibility index (Phi) is 4.81. The van der Waals surface area contributed by atoms with Crippen molar-refractivity contribution < 1.29 is 14.6 Å². The summed E-state index contributed by atoms with van der Waals surface area (Å²) in [7, 11) is 0. The molecule has 0 bridgehead atoms. The van der Waals surface area contributed by atoms with E-state index in [4.69, 9.17) is 4.84 Å². The zero-order chi connectivity index (χ0) is 17.2. The maximum Gasteiger partial charge on any atom is 0.332 e. The van der Waals surface area contributed by atoms with E-state index >= 15 is 0 Å². The van der Waals surface area contributed by atoms with Crippen molar-refractivity contribution in [3.8, 4) is 0 Å². The van der Waals surface area contributed by atoms with Crippen LogP contribution >= 0.6 is 15.9 Å². The van der Waals surface area contributed by atoms with Gasteiger partial charge in [0.05, 0.1) is 15.9 Å². The number of carbonyl (C=O) groups is 1. The van der Waals surface area contributed by atoms with Gasteiger partial charge >= 0.3 is 11.7 Å². The first-order valence-electron chi connectivity index (χ1n) is 6.65. The number of carbonyl (C=O) groups excluding carboxylic acids is 1. The van der Waals surface area contributed by atoms with Crippen LogP contribution in [0.4, 0.5) is 11.4 Å². The van der Waals surface area contributed by atoms with Crippen LogP contribution in [-0.4, -0.2) is 15.9 Å². The highest BCUT2D eigenvalue weighted by Crippen LogP contribution is 2.32. The lowest BCUT2D eigenvalue weighted by molar-refractivity contribution is -0.384. The van der Waals surface area contributed by atoms with E-state index in [2.05, 4.69) is 31.9 Å². The van der Waals surface area contributed by atoms with Crippen molar-refractivity contribution in [2.24, 2.45) is 5.41 Å². The van der Waals surface area contributed by atoms with Crippen LogP contribution in [0.1, 0.15) is 20.8 Å². The molecule has 0 amide bonds. The minimum absolute atomic E-state index is 0.161. The van der Waals surface area contributed by atoms with Crippen molar-refractivity contribution >= 4 is 44.2 Å². The average molecular weight is 383 g/mol. The molecule has 122 valence electrons. The second kappa shape index (κ2) is 6.47. The quantitative estimate of drug-likeness (QED) is 0.616. The van der Waals surface area contributed by atoms with Gasteiger partial charge in [-0.15, -0.1) is 0 Å². The number of nitrogens with zero attached hydrogens (tertiary/aromatic N) is 2. The van der Waals surface area contributed by atoms with E-state index in [9.17, 15) is 14.9 Å². The number of rotatable bonds is 4. The SMILES string of the molecule is CC(C)(C)C(=O)ONNc1c([N+](=O)[O-])cnc2cc(Br)ccc12. The number of hydrazine groups is 1. The molecule has 0 aliphatic rings. The van der Waals surface area contributed by atoms with Crippen LogP contribution in [0.25, 0.3) is 10.9 Å². The molecule has 0 aliphatic heterocycles. The summed E-state index contributed by atoms with van der Waals surface area (Å²) in [6.07, 6.45) is 1.14. The van der Waals surface area contributed by atoms with E-state index in [1.807, 2.05) is 0 Å². The van der Waals surface area contributed by atoms with E-state index in [1.54, 1.807) is 39.0 Å². The number of benzene rings is 1. The Labute approximate surface area is 140 Å². The molecular weight excluding hydrogens is 368 g/mol. The van der Waals surface area contributed by atoms with E-state index < -0.39 is 16.3 Å². The van der Waals surface area contributed by atoms with E-state index in [0.29, 0.717) is 10.9 Å². The van der Waals surface area contributed by atoms with Crippen LogP contribution in [0, 0.1) is 15.5 Å². The number of anilines is 1. The molecule has 2 aromatic rings. The van der Waals surface area contributed by atoms with Gasteiger partial charge in [0.15, 0.2) is 0 Å². The average Bonchev–Trinajstić information content (AvgIpc) is 2.45. The molecule has 1 aromatic carbocycles. The predicted octanol–water partition coefficient (Wildman–Crippen LogP) is 3.33. The molecule has 23 heavy (non-hydrogen) atoms. The first-order chi connectivity index (χ1) is 10.7. The second-order valence-corrected chi connectivity index (χ2v) is 6.72. The number of pyridine rings is 1. The summed E-state index contributed by atoms with van der Waals surface area (Å²) in [6.45, 7) is 5.08. The zero-order valence-corrected chi connectivity index (χ0v) is 14.3. The van der Waals surface area contributed by atoms with Crippen molar-refractivity contribution in [3.63, 3.8) is 0 Å². The Bertz CT molecular complexity index is 773. The van der Waals surface area contributed by atoms with Gasteiger partial charge in [-0.05, 0) is 39.0 Å². The fraction of sp³-hybridized carbons (Fsp3) is 0.286. The van der Waals surface area contributed by atoms with Gasteiger partial charge in [-0.2, -0.15) is 0 Å². The number of hydrogen-bond acceptors (Lipinski definition) is 7. The molecule has 1 aromatic heterocycles. The van der Waals surface area contributed by atoms with E-state index in [1.165, 1.54) is 0 Å². The van der Waals surface area contributed by atoms with Crippen LogP contribution < -0.4 is 11.0 Å². The fourth-order valence-corrected chi connectivity index (χ4v) is 2.05. The lowest BCUT2D eigenvalue weighted by Gasteiger charge is -2.17. The molecule has 0 fully saturated rings. The molecule has 0 aliphatic carbocycles. The van der Waals surface area contributed by atoms with Crippen molar-refractivity contribution in [2.45, 2.75) is 20.8 Å². The Morgan fingerprint density at radius 1 is 1.39 bits per heavy atom. The molecule has 0 atom stereocenters. The van der Waals surface area contributed by atoms with Gasteiger partial charge in [0.2, 0.25) is 0 Å². The normalized spacial score (nSPS) is 11.3. The predicted molar refractivity (Wildman–Crippen MR) is 88.4 cm³/mol. The minimum Gasteiger partial charge on any atom is -0.351 e. The van der Waals surface area contributed by atoms with Crippen molar-refractivity contribution in [3.05, 3.63) is 39.0 Å². The molecular formula is C14H15BrN4O4. The first kappa shape index (κ1) is 17.1. The Morgan fingerprint density at radius 2 is 2.09 bits per heavy atom. The van der Waals surface area contributed by atoms with E-state index in [-0.39, 0.29) is 11.4 Å². The minimum atomic E-state index is -0.703. The lowest BCUT2D eigenvalue weighted by Crippen LogP contribution is -2.32. The van der Waals surface area contributed by atoms with Crippen LogP contribution in [0.2, 0.25) is 0 Å². The van der Waals surface area contributed by atoms with Gasteiger partial charge in [-0.1, -0.05) is 21.5 Å².